The quantitative estimate of drug-likeness (QED) is 0.939. The molecule has 1 aliphatic carbocycles. The molecule has 1 heterocycles. The SMILES string of the molecule is O=C(NC1(c2ccc(F)cc2F)CCC1)c1ccon1. The molecule has 3 rings (SSSR count). The highest BCUT2D eigenvalue weighted by Crippen LogP contribution is 2.42. The monoisotopic (exact) mass is 278 g/mol. The molecule has 0 spiro atoms. The fourth-order valence-corrected chi connectivity index (χ4v) is 2.48. The van der Waals surface area contributed by atoms with Crippen molar-refractivity contribution in [3.63, 3.8) is 0 Å². The summed E-state index contributed by atoms with van der Waals surface area (Å²) in [7, 11) is 0. The summed E-state index contributed by atoms with van der Waals surface area (Å²) < 4.78 is 31.5. The van der Waals surface area contributed by atoms with Crippen LogP contribution in [0.3, 0.4) is 0 Å². The first-order valence-electron chi connectivity index (χ1n) is 6.29. The van der Waals surface area contributed by atoms with Gasteiger partial charge < -0.3 is 9.84 Å². The van der Waals surface area contributed by atoms with Crippen molar-refractivity contribution >= 4 is 5.91 Å². The van der Waals surface area contributed by atoms with Crippen LogP contribution in [-0.4, -0.2) is 11.1 Å². The van der Waals surface area contributed by atoms with Gasteiger partial charge in [0, 0.05) is 17.7 Å². The van der Waals surface area contributed by atoms with Crippen molar-refractivity contribution in [3.05, 3.63) is 53.4 Å². The largest absolute Gasteiger partial charge is 0.364 e. The average Bonchev–Trinajstić information content (AvgIpc) is 2.88. The number of carbonyl (C=O) groups excluding carboxylic acids is 1. The van der Waals surface area contributed by atoms with Gasteiger partial charge >= 0.3 is 0 Å². The van der Waals surface area contributed by atoms with Gasteiger partial charge in [-0.2, -0.15) is 0 Å². The number of carbonyl (C=O) groups is 1. The molecule has 1 saturated carbocycles. The van der Waals surface area contributed by atoms with Gasteiger partial charge in [-0.25, -0.2) is 8.78 Å². The number of amides is 1. The number of nitrogens with zero attached hydrogens (tertiary/aromatic N) is 1. The van der Waals surface area contributed by atoms with Gasteiger partial charge in [-0.05, 0) is 25.3 Å². The maximum Gasteiger partial charge on any atom is 0.274 e. The highest BCUT2D eigenvalue weighted by Gasteiger charge is 2.42. The molecule has 0 unspecified atom stereocenters. The molecule has 0 atom stereocenters. The van der Waals surface area contributed by atoms with Gasteiger partial charge in [0.1, 0.15) is 17.9 Å². The van der Waals surface area contributed by atoms with E-state index in [9.17, 15) is 13.6 Å². The minimum atomic E-state index is -0.784. The van der Waals surface area contributed by atoms with Gasteiger partial charge in [0.2, 0.25) is 0 Å². The molecule has 1 fully saturated rings. The molecule has 0 bridgehead atoms. The number of hydrogen-bond acceptors (Lipinski definition) is 3. The van der Waals surface area contributed by atoms with Crippen LogP contribution in [0, 0.1) is 11.6 Å². The maximum absolute atomic E-state index is 13.9. The van der Waals surface area contributed by atoms with E-state index in [0.29, 0.717) is 18.4 Å². The molecule has 0 radical (unpaired) electrons. The highest BCUT2D eigenvalue weighted by molar-refractivity contribution is 5.92. The van der Waals surface area contributed by atoms with Gasteiger partial charge in [-0.15, -0.1) is 0 Å². The Morgan fingerprint density at radius 2 is 2.10 bits per heavy atom. The van der Waals surface area contributed by atoms with Crippen LogP contribution < -0.4 is 5.32 Å². The summed E-state index contributed by atoms with van der Waals surface area (Å²) in [5, 5.41) is 6.33. The van der Waals surface area contributed by atoms with Gasteiger partial charge in [-0.3, -0.25) is 4.79 Å². The summed E-state index contributed by atoms with van der Waals surface area (Å²) in [5.74, 6) is -1.71. The molecule has 2 aromatic rings. The second-order valence-electron chi connectivity index (χ2n) is 4.90. The van der Waals surface area contributed by atoms with E-state index in [2.05, 4.69) is 15.0 Å². The van der Waals surface area contributed by atoms with Crippen LogP contribution >= 0.6 is 0 Å². The summed E-state index contributed by atoms with van der Waals surface area (Å²) in [4.78, 5) is 12.0. The standard InChI is InChI=1S/C14H12F2N2O2/c15-9-2-3-10(11(16)8-9)14(5-1-6-14)17-13(19)12-4-7-20-18-12/h2-4,7-8H,1,5-6H2,(H,17,19). The third-order valence-corrected chi connectivity index (χ3v) is 3.68. The third kappa shape index (κ3) is 2.07. The Morgan fingerprint density at radius 3 is 2.65 bits per heavy atom. The van der Waals surface area contributed by atoms with Gasteiger partial charge in [-0.1, -0.05) is 11.2 Å². The van der Waals surface area contributed by atoms with Crippen molar-refractivity contribution in [1.29, 1.82) is 0 Å². The van der Waals surface area contributed by atoms with E-state index in [1.165, 1.54) is 24.5 Å². The molecule has 104 valence electrons. The summed E-state index contributed by atoms with van der Waals surface area (Å²) >= 11 is 0. The van der Waals surface area contributed by atoms with Crippen LogP contribution in [0.15, 0.2) is 35.1 Å². The molecule has 0 aliphatic heterocycles. The van der Waals surface area contributed by atoms with Crippen LogP contribution in [0.25, 0.3) is 0 Å². The summed E-state index contributed by atoms with van der Waals surface area (Å²) in [6.45, 7) is 0. The fraction of sp³-hybridized carbons (Fsp3) is 0.286. The Balaban J connectivity index is 1.90. The van der Waals surface area contributed by atoms with Crippen molar-refractivity contribution in [3.8, 4) is 0 Å². The molecule has 1 amide bonds. The van der Waals surface area contributed by atoms with Gasteiger partial charge in [0.25, 0.3) is 5.91 Å². The molecule has 1 N–H and O–H groups in total. The predicted molar refractivity (Wildman–Crippen MR) is 65.9 cm³/mol. The van der Waals surface area contributed by atoms with Crippen LogP contribution in [0.4, 0.5) is 8.78 Å². The third-order valence-electron chi connectivity index (χ3n) is 3.68. The van der Waals surface area contributed by atoms with Crippen LogP contribution in [-0.2, 0) is 5.54 Å². The number of halogens is 2. The highest BCUT2D eigenvalue weighted by atomic mass is 19.1. The lowest BCUT2D eigenvalue weighted by molar-refractivity contribution is 0.0808. The van der Waals surface area contributed by atoms with Gasteiger partial charge in [0.15, 0.2) is 5.69 Å². The van der Waals surface area contributed by atoms with Crippen molar-refractivity contribution in [2.24, 2.45) is 0 Å². The zero-order chi connectivity index (χ0) is 14.2. The number of benzene rings is 1. The van der Waals surface area contributed by atoms with Crippen molar-refractivity contribution in [2.75, 3.05) is 0 Å². The van der Waals surface area contributed by atoms with E-state index in [1.54, 1.807) is 0 Å². The molecule has 20 heavy (non-hydrogen) atoms. The minimum absolute atomic E-state index is 0.138. The summed E-state index contributed by atoms with van der Waals surface area (Å²) in [6.07, 6.45) is 3.38. The van der Waals surface area contributed by atoms with E-state index in [0.717, 1.165) is 12.5 Å². The number of aromatic nitrogens is 1. The first-order valence-corrected chi connectivity index (χ1v) is 6.29. The Labute approximate surface area is 113 Å². The van der Waals surface area contributed by atoms with E-state index in [4.69, 9.17) is 0 Å². The Morgan fingerprint density at radius 1 is 1.30 bits per heavy atom. The predicted octanol–water partition coefficient (Wildman–Crippen LogP) is 2.76. The molecule has 0 saturated heterocycles. The lowest BCUT2D eigenvalue weighted by Crippen LogP contribution is -2.51. The van der Waals surface area contributed by atoms with Crippen LogP contribution in [0.1, 0.15) is 35.3 Å². The first-order chi connectivity index (χ1) is 9.61. The molecular formula is C14H12F2N2O2. The van der Waals surface area contributed by atoms with E-state index in [1.807, 2.05) is 0 Å². The van der Waals surface area contributed by atoms with Crippen molar-refractivity contribution < 1.29 is 18.1 Å². The van der Waals surface area contributed by atoms with Crippen LogP contribution in [0.5, 0.6) is 0 Å². The molecule has 1 aliphatic rings. The first kappa shape index (κ1) is 12.8. The second-order valence-corrected chi connectivity index (χ2v) is 4.90. The van der Waals surface area contributed by atoms with E-state index >= 15 is 0 Å². The van der Waals surface area contributed by atoms with Crippen molar-refractivity contribution in [1.82, 2.24) is 10.5 Å². The number of hydrogen-bond donors (Lipinski definition) is 1. The molecule has 6 heteroatoms. The molecular weight excluding hydrogens is 266 g/mol. The maximum atomic E-state index is 13.9. The normalized spacial score (nSPS) is 16.5. The number of rotatable bonds is 3. The topological polar surface area (TPSA) is 55.1 Å². The van der Waals surface area contributed by atoms with E-state index in [-0.39, 0.29) is 5.69 Å². The zero-order valence-electron chi connectivity index (χ0n) is 10.5. The molecule has 4 nitrogen and oxygen atoms in total. The second kappa shape index (κ2) is 4.70. The van der Waals surface area contributed by atoms with E-state index < -0.39 is 23.1 Å². The Hall–Kier alpha value is -2.24. The lowest BCUT2D eigenvalue weighted by atomic mass is 9.71. The lowest BCUT2D eigenvalue weighted by Gasteiger charge is -2.43. The van der Waals surface area contributed by atoms with Gasteiger partial charge in [0.05, 0.1) is 5.54 Å². The summed E-state index contributed by atoms with van der Waals surface area (Å²) in [5.41, 5.74) is -0.339. The zero-order valence-corrected chi connectivity index (χ0v) is 10.5. The Kier molecular flexibility index (Phi) is 3.00. The molecule has 1 aromatic heterocycles. The Bertz CT molecular complexity index is 637. The fourth-order valence-electron chi connectivity index (χ4n) is 2.48. The van der Waals surface area contributed by atoms with Crippen LogP contribution in [0.2, 0.25) is 0 Å². The average molecular weight is 278 g/mol. The molecule has 1 aromatic carbocycles. The summed E-state index contributed by atoms with van der Waals surface area (Å²) in [6, 6.07) is 4.84. The number of nitrogens with one attached hydrogen (secondary N) is 1. The smallest absolute Gasteiger partial charge is 0.274 e. The minimum Gasteiger partial charge on any atom is -0.364 e. The van der Waals surface area contributed by atoms with Crippen molar-refractivity contribution in [2.45, 2.75) is 24.8 Å².